The number of hydrogen-bond donors (Lipinski definition) is 1. The zero-order chi connectivity index (χ0) is 17.9. The number of benzene rings is 2. The van der Waals surface area contributed by atoms with Crippen LogP contribution >= 0.6 is 0 Å². The SMILES string of the molecule is CC(NC(=O)c1ccc(CS(C)(=O)=O)cc1)c1ccc(F)c(F)c1. The van der Waals surface area contributed by atoms with Gasteiger partial charge in [0.05, 0.1) is 11.8 Å². The number of amides is 1. The van der Waals surface area contributed by atoms with Crippen LogP contribution in [0.3, 0.4) is 0 Å². The van der Waals surface area contributed by atoms with E-state index in [0.29, 0.717) is 16.7 Å². The minimum absolute atomic E-state index is 0.0971. The lowest BCUT2D eigenvalue weighted by Crippen LogP contribution is -2.26. The third-order valence-corrected chi connectivity index (χ3v) is 4.29. The number of sulfone groups is 1. The fraction of sp³-hybridized carbons (Fsp3) is 0.235. The Morgan fingerprint density at radius 1 is 1.08 bits per heavy atom. The molecule has 0 aliphatic heterocycles. The molecule has 2 aromatic rings. The maximum atomic E-state index is 13.2. The molecule has 24 heavy (non-hydrogen) atoms. The summed E-state index contributed by atoms with van der Waals surface area (Å²) in [5.41, 5.74) is 1.38. The van der Waals surface area contributed by atoms with E-state index in [2.05, 4.69) is 5.32 Å². The Bertz CT molecular complexity index is 849. The highest BCUT2D eigenvalue weighted by Gasteiger charge is 2.14. The van der Waals surface area contributed by atoms with Crippen LogP contribution in [0, 0.1) is 11.6 Å². The molecule has 0 spiro atoms. The molecule has 1 amide bonds. The van der Waals surface area contributed by atoms with Crippen molar-refractivity contribution in [2.24, 2.45) is 0 Å². The molecule has 0 saturated heterocycles. The summed E-state index contributed by atoms with van der Waals surface area (Å²) < 4.78 is 48.7. The van der Waals surface area contributed by atoms with Gasteiger partial charge in [-0.25, -0.2) is 17.2 Å². The second-order valence-corrected chi connectivity index (χ2v) is 7.78. The van der Waals surface area contributed by atoms with Gasteiger partial charge in [0.2, 0.25) is 0 Å². The molecule has 0 bridgehead atoms. The molecule has 2 aromatic carbocycles. The Morgan fingerprint density at radius 2 is 1.71 bits per heavy atom. The molecule has 0 aromatic heterocycles. The van der Waals surface area contributed by atoms with Crippen LogP contribution in [0.4, 0.5) is 8.78 Å². The molecule has 0 aliphatic rings. The van der Waals surface area contributed by atoms with Crippen molar-refractivity contribution in [3.8, 4) is 0 Å². The molecule has 0 radical (unpaired) electrons. The summed E-state index contributed by atoms with van der Waals surface area (Å²) in [7, 11) is -3.14. The van der Waals surface area contributed by atoms with Gasteiger partial charge in [-0.1, -0.05) is 18.2 Å². The minimum atomic E-state index is -3.14. The van der Waals surface area contributed by atoms with Gasteiger partial charge in [-0.3, -0.25) is 4.79 Å². The van der Waals surface area contributed by atoms with E-state index in [1.165, 1.54) is 18.2 Å². The third kappa shape index (κ3) is 4.86. The van der Waals surface area contributed by atoms with E-state index in [1.54, 1.807) is 19.1 Å². The van der Waals surface area contributed by atoms with Crippen LogP contribution in [0.25, 0.3) is 0 Å². The average molecular weight is 353 g/mol. The first-order chi connectivity index (χ1) is 11.2. The van der Waals surface area contributed by atoms with Crippen LogP contribution in [-0.4, -0.2) is 20.6 Å². The molecule has 0 heterocycles. The van der Waals surface area contributed by atoms with Gasteiger partial charge in [0.1, 0.15) is 0 Å². The van der Waals surface area contributed by atoms with Crippen molar-refractivity contribution < 1.29 is 22.0 Å². The van der Waals surface area contributed by atoms with Gasteiger partial charge < -0.3 is 5.32 Å². The number of carbonyl (C=O) groups excluding carboxylic acids is 1. The summed E-state index contributed by atoms with van der Waals surface area (Å²) >= 11 is 0. The number of halogens is 2. The second kappa shape index (κ2) is 7.09. The summed E-state index contributed by atoms with van der Waals surface area (Å²) in [5, 5.41) is 2.68. The maximum Gasteiger partial charge on any atom is 0.251 e. The van der Waals surface area contributed by atoms with Gasteiger partial charge in [-0.2, -0.15) is 0 Å². The van der Waals surface area contributed by atoms with Gasteiger partial charge in [0.15, 0.2) is 21.5 Å². The normalized spacial score (nSPS) is 12.7. The number of nitrogens with one attached hydrogen (secondary N) is 1. The summed E-state index contributed by atoms with van der Waals surface area (Å²) in [6, 6.07) is 9.11. The van der Waals surface area contributed by atoms with Crippen molar-refractivity contribution >= 4 is 15.7 Å². The van der Waals surface area contributed by atoms with Gasteiger partial charge in [0.25, 0.3) is 5.91 Å². The molecule has 0 aliphatic carbocycles. The molecule has 4 nitrogen and oxygen atoms in total. The summed E-state index contributed by atoms with van der Waals surface area (Å²) in [6.45, 7) is 1.66. The van der Waals surface area contributed by atoms with Crippen molar-refractivity contribution in [3.05, 3.63) is 70.8 Å². The van der Waals surface area contributed by atoms with Crippen LogP contribution in [-0.2, 0) is 15.6 Å². The Kier molecular flexibility index (Phi) is 5.33. The molecule has 7 heteroatoms. The van der Waals surface area contributed by atoms with Crippen molar-refractivity contribution in [1.29, 1.82) is 0 Å². The van der Waals surface area contributed by atoms with E-state index in [1.807, 2.05) is 0 Å². The quantitative estimate of drug-likeness (QED) is 0.899. The number of rotatable bonds is 5. The second-order valence-electron chi connectivity index (χ2n) is 5.64. The van der Waals surface area contributed by atoms with Crippen LogP contribution in [0.2, 0.25) is 0 Å². The van der Waals surface area contributed by atoms with E-state index in [-0.39, 0.29) is 5.75 Å². The third-order valence-electron chi connectivity index (χ3n) is 3.44. The van der Waals surface area contributed by atoms with Crippen LogP contribution in [0.15, 0.2) is 42.5 Å². The van der Waals surface area contributed by atoms with Crippen molar-refractivity contribution in [3.63, 3.8) is 0 Å². The standard InChI is InChI=1S/C17H17F2NO3S/c1-11(14-7-8-15(18)16(19)9-14)20-17(21)13-5-3-12(4-6-13)10-24(2,22)23/h3-9,11H,10H2,1-2H3,(H,20,21). The minimum Gasteiger partial charge on any atom is -0.346 e. The Labute approximate surface area is 139 Å². The highest BCUT2D eigenvalue weighted by atomic mass is 32.2. The van der Waals surface area contributed by atoms with Gasteiger partial charge in [-0.15, -0.1) is 0 Å². The van der Waals surface area contributed by atoms with Gasteiger partial charge >= 0.3 is 0 Å². The molecular formula is C17H17F2NO3S. The smallest absolute Gasteiger partial charge is 0.251 e. The zero-order valence-electron chi connectivity index (χ0n) is 13.2. The maximum absolute atomic E-state index is 13.2. The zero-order valence-corrected chi connectivity index (χ0v) is 14.0. The molecule has 0 saturated carbocycles. The molecule has 0 fully saturated rings. The Hall–Kier alpha value is -2.28. The van der Waals surface area contributed by atoms with Crippen molar-refractivity contribution in [2.75, 3.05) is 6.26 Å². The fourth-order valence-electron chi connectivity index (χ4n) is 2.20. The fourth-order valence-corrected chi connectivity index (χ4v) is 3.00. The summed E-state index contributed by atoms with van der Waals surface area (Å²) in [5.74, 6) is -2.41. The molecule has 1 atom stereocenters. The highest BCUT2D eigenvalue weighted by Crippen LogP contribution is 2.17. The summed E-state index contributed by atoms with van der Waals surface area (Å²) in [6.07, 6.45) is 1.14. The lowest BCUT2D eigenvalue weighted by Gasteiger charge is -2.15. The van der Waals surface area contributed by atoms with Crippen molar-refractivity contribution in [1.82, 2.24) is 5.32 Å². The van der Waals surface area contributed by atoms with Crippen LogP contribution < -0.4 is 5.32 Å². The van der Waals surface area contributed by atoms with Gasteiger partial charge in [-0.05, 0) is 42.3 Å². The molecule has 1 unspecified atom stereocenters. The average Bonchev–Trinajstić information content (AvgIpc) is 2.49. The van der Waals surface area contributed by atoms with Crippen LogP contribution in [0.5, 0.6) is 0 Å². The first-order valence-electron chi connectivity index (χ1n) is 7.18. The predicted molar refractivity (Wildman–Crippen MR) is 87.2 cm³/mol. The largest absolute Gasteiger partial charge is 0.346 e. The number of hydrogen-bond acceptors (Lipinski definition) is 3. The van der Waals surface area contributed by atoms with E-state index < -0.39 is 33.4 Å². The number of carbonyl (C=O) groups is 1. The first kappa shape index (κ1) is 18.1. The first-order valence-corrected chi connectivity index (χ1v) is 9.24. The Balaban J connectivity index is 2.07. The molecule has 1 N–H and O–H groups in total. The highest BCUT2D eigenvalue weighted by molar-refractivity contribution is 7.89. The topological polar surface area (TPSA) is 63.2 Å². The molecule has 2 rings (SSSR count). The van der Waals surface area contributed by atoms with Crippen molar-refractivity contribution in [2.45, 2.75) is 18.7 Å². The van der Waals surface area contributed by atoms with E-state index in [0.717, 1.165) is 18.4 Å². The summed E-state index contributed by atoms with van der Waals surface area (Å²) in [4.78, 5) is 12.2. The molecular weight excluding hydrogens is 336 g/mol. The lowest BCUT2D eigenvalue weighted by molar-refractivity contribution is 0.0940. The van der Waals surface area contributed by atoms with Gasteiger partial charge in [0, 0.05) is 11.8 Å². The van der Waals surface area contributed by atoms with E-state index >= 15 is 0 Å². The van der Waals surface area contributed by atoms with E-state index in [9.17, 15) is 22.0 Å². The van der Waals surface area contributed by atoms with Crippen LogP contribution in [0.1, 0.15) is 34.5 Å². The predicted octanol–water partition coefficient (Wildman–Crippen LogP) is 3.00. The Morgan fingerprint density at radius 3 is 2.25 bits per heavy atom. The monoisotopic (exact) mass is 353 g/mol. The lowest BCUT2D eigenvalue weighted by atomic mass is 10.1. The molecule has 128 valence electrons. The van der Waals surface area contributed by atoms with E-state index in [4.69, 9.17) is 0 Å².